The third-order valence-electron chi connectivity index (χ3n) is 2.53. The molecular formula is C13H15N3O. The van der Waals surface area contributed by atoms with Crippen LogP contribution >= 0.6 is 0 Å². The molecule has 2 aromatic rings. The third kappa shape index (κ3) is 2.60. The number of hydrogen-bond donors (Lipinski definition) is 1. The zero-order chi connectivity index (χ0) is 12.3. The number of ether oxygens (including phenoxy) is 1. The van der Waals surface area contributed by atoms with Crippen LogP contribution in [0, 0.1) is 13.8 Å². The average molecular weight is 229 g/mol. The van der Waals surface area contributed by atoms with E-state index in [1.54, 1.807) is 12.4 Å². The lowest BCUT2D eigenvalue weighted by Gasteiger charge is -2.10. The number of aryl methyl sites for hydroxylation is 2. The molecule has 2 rings (SSSR count). The summed E-state index contributed by atoms with van der Waals surface area (Å²) in [5.74, 6) is 1.31. The molecule has 0 fully saturated rings. The summed E-state index contributed by atoms with van der Waals surface area (Å²) < 4.78 is 5.75. The smallest absolute Gasteiger partial charge is 0.240 e. The molecule has 0 bridgehead atoms. The molecule has 17 heavy (non-hydrogen) atoms. The van der Waals surface area contributed by atoms with Crippen molar-refractivity contribution in [3.63, 3.8) is 0 Å². The van der Waals surface area contributed by atoms with Gasteiger partial charge in [-0.2, -0.15) is 0 Å². The third-order valence-corrected chi connectivity index (χ3v) is 2.53. The highest BCUT2D eigenvalue weighted by Crippen LogP contribution is 2.25. The summed E-state index contributed by atoms with van der Waals surface area (Å²) in [6.07, 6.45) is 3.26. The standard InChI is InChI=1S/C13H15N3O/c1-9-3-4-11(8-14)7-12(9)17-13-10(2)15-5-6-16-13/h3-7H,8,14H2,1-2H3. The molecule has 0 spiro atoms. The van der Waals surface area contributed by atoms with Crippen molar-refractivity contribution in [1.29, 1.82) is 0 Å². The van der Waals surface area contributed by atoms with E-state index in [1.165, 1.54) is 0 Å². The van der Waals surface area contributed by atoms with Gasteiger partial charge in [0.25, 0.3) is 0 Å². The molecule has 0 aliphatic carbocycles. The number of benzene rings is 1. The molecule has 2 N–H and O–H groups in total. The van der Waals surface area contributed by atoms with Gasteiger partial charge in [0, 0.05) is 18.9 Å². The van der Waals surface area contributed by atoms with Crippen LogP contribution in [0.3, 0.4) is 0 Å². The van der Waals surface area contributed by atoms with Gasteiger partial charge in [-0.05, 0) is 31.0 Å². The largest absolute Gasteiger partial charge is 0.437 e. The molecule has 0 aliphatic heterocycles. The van der Waals surface area contributed by atoms with Crippen molar-refractivity contribution < 1.29 is 4.74 Å². The van der Waals surface area contributed by atoms with Crippen molar-refractivity contribution in [3.05, 3.63) is 47.4 Å². The Morgan fingerprint density at radius 1 is 1.18 bits per heavy atom. The maximum Gasteiger partial charge on any atom is 0.240 e. The summed E-state index contributed by atoms with van der Waals surface area (Å²) in [5, 5.41) is 0. The van der Waals surface area contributed by atoms with Gasteiger partial charge >= 0.3 is 0 Å². The van der Waals surface area contributed by atoms with Crippen molar-refractivity contribution in [2.24, 2.45) is 5.73 Å². The van der Waals surface area contributed by atoms with E-state index in [4.69, 9.17) is 10.5 Å². The maximum absolute atomic E-state index is 5.75. The van der Waals surface area contributed by atoms with E-state index in [1.807, 2.05) is 32.0 Å². The summed E-state index contributed by atoms with van der Waals surface area (Å²) in [6, 6.07) is 5.92. The van der Waals surface area contributed by atoms with Crippen LogP contribution in [-0.4, -0.2) is 9.97 Å². The van der Waals surface area contributed by atoms with Gasteiger partial charge in [-0.3, -0.25) is 4.98 Å². The Balaban J connectivity index is 2.32. The Morgan fingerprint density at radius 2 is 1.94 bits per heavy atom. The van der Waals surface area contributed by atoms with E-state index in [0.717, 1.165) is 22.6 Å². The highest BCUT2D eigenvalue weighted by molar-refractivity contribution is 5.39. The predicted octanol–water partition coefficient (Wildman–Crippen LogP) is 2.34. The number of rotatable bonds is 3. The molecule has 0 saturated heterocycles. The van der Waals surface area contributed by atoms with E-state index >= 15 is 0 Å². The van der Waals surface area contributed by atoms with Crippen molar-refractivity contribution in [2.45, 2.75) is 20.4 Å². The van der Waals surface area contributed by atoms with Gasteiger partial charge in [0.05, 0.1) is 5.69 Å². The highest BCUT2D eigenvalue weighted by atomic mass is 16.5. The molecule has 4 heteroatoms. The summed E-state index contributed by atoms with van der Waals surface area (Å²) in [7, 11) is 0. The lowest BCUT2D eigenvalue weighted by Crippen LogP contribution is -1.99. The SMILES string of the molecule is Cc1ccc(CN)cc1Oc1nccnc1C. The van der Waals surface area contributed by atoms with E-state index < -0.39 is 0 Å². The lowest BCUT2D eigenvalue weighted by molar-refractivity contribution is 0.451. The first-order chi connectivity index (χ1) is 8.20. The maximum atomic E-state index is 5.75. The van der Waals surface area contributed by atoms with Crippen LogP contribution in [0.1, 0.15) is 16.8 Å². The van der Waals surface area contributed by atoms with Gasteiger partial charge in [-0.15, -0.1) is 0 Å². The van der Waals surface area contributed by atoms with E-state index in [-0.39, 0.29) is 0 Å². The highest BCUT2D eigenvalue weighted by Gasteiger charge is 2.06. The quantitative estimate of drug-likeness (QED) is 0.877. The summed E-state index contributed by atoms with van der Waals surface area (Å²) in [4.78, 5) is 8.29. The fourth-order valence-electron chi connectivity index (χ4n) is 1.48. The second-order valence-electron chi connectivity index (χ2n) is 3.85. The molecule has 1 heterocycles. The van der Waals surface area contributed by atoms with Crippen LogP contribution in [0.2, 0.25) is 0 Å². The Bertz CT molecular complexity index is 526. The van der Waals surface area contributed by atoms with Gasteiger partial charge in [-0.1, -0.05) is 12.1 Å². The molecule has 0 atom stereocenters. The number of hydrogen-bond acceptors (Lipinski definition) is 4. The Kier molecular flexibility index (Phi) is 3.35. The average Bonchev–Trinajstić information content (AvgIpc) is 2.35. The zero-order valence-electron chi connectivity index (χ0n) is 9.97. The second kappa shape index (κ2) is 4.93. The van der Waals surface area contributed by atoms with Gasteiger partial charge in [0.1, 0.15) is 5.75 Å². The lowest BCUT2D eigenvalue weighted by atomic mass is 10.1. The molecule has 0 amide bonds. The first-order valence-corrected chi connectivity index (χ1v) is 5.46. The monoisotopic (exact) mass is 229 g/mol. The van der Waals surface area contributed by atoms with Gasteiger partial charge < -0.3 is 10.5 Å². The van der Waals surface area contributed by atoms with Crippen LogP contribution in [0.25, 0.3) is 0 Å². The minimum Gasteiger partial charge on any atom is -0.437 e. The molecule has 0 radical (unpaired) electrons. The van der Waals surface area contributed by atoms with Crippen molar-refractivity contribution in [3.8, 4) is 11.6 Å². The molecule has 0 saturated carbocycles. The Labute approximate surface area is 100 Å². The van der Waals surface area contributed by atoms with Crippen molar-refractivity contribution in [2.75, 3.05) is 0 Å². The minimum absolute atomic E-state index is 0.496. The van der Waals surface area contributed by atoms with Crippen LogP contribution in [-0.2, 0) is 6.54 Å². The van der Waals surface area contributed by atoms with Gasteiger partial charge in [0.2, 0.25) is 5.88 Å². The van der Waals surface area contributed by atoms with Crippen LogP contribution in [0.5, 0.6) is 11.6 Å². The molecule has 0 aliphatic rings. The number of nitrogens with two attached hydrogens (primary N) is 1. The van der Waals surface area contributed by atoms with E-state index in [0.29, 0.717) is 12.4 Å². The summed E-state index contributed by atoms with van der Waals surface area (Å²) in [6.45, 7) is 4.35. The Hall–Kier alpha value is -1.94. The van der Waals surface area contributed by atoms with Crippen LogP contribution in [0.4, 0.5) is 0 Å². The molecular weight excluding hydrogens is 214 g/mol. The first-order valence-electron chi connectivity index (χ1n) is 5.46. The van der Waals surface area contributed by atoms with Crippen molar-refractivity contribution >= 4 is 0 Å². The fourth-order valence-corrected chi connectivity index (χ4v) is 1.48. The topological polar surface area (TPSA) is 61.0 Å². The van der Waals surface area contributed by atoms with Crippen LogP contribution in [0.15, 0.2) is 30.6 Å². The second-order valence-corrected chi connectivity index (χ2v) is 3.85. The first kappa shape index (κ1) is 11.5. The molecule has 0 unspecified atom stereocenters. The predicted molar refractivity (Wildman–Crippen MR) is 65.9 cm³/mol. The van der Waals surface area contributed by atoms with Gasteiger partial charge in [-0.25, -0.2) is 4.98 Å². The normalized spacial score (nSPS) is 10.3. The Morgan fingerprint density at radius 3 is 2.65 bits per heavy atom. The molecule has 88 valence electrons. The fraction of sp³-hybridized carbons (Fsp3) is 0.231. The van der Waals surface area contributed by atoms with E-state index in [9.17, 15) is 0 Å². The molecule has 1 aromatic carbocycles. The summed E-state index contributed by atoms with van der Waals surface area (Å²) in [5.41, 5.74) is 8.46. The van der Waals surface area contributed by atoms with Crippen LogP contribution < -0.4 is 10.5 Å². The van der Waals surface area contributed by atoms with Gasteiger partial charge in [0.15, 0.2) is 0 Å². The van der Waals surface area contributed by atoms with E-state index in [2.05, 4.69) is 9.97 Å². The zero-order valence-corrected chi connectivity index (χ0v) is 9.97. The van der Waals surface area contributed by atoms with Crippen molar-refractivity contribution in [1.82, 2.24) is 9.97 Å². The molecule has 4 nitrogen and oxygen atoms in total. The summed E-state index contributed by atoms with van der Waals surface area (Å²) >= 11 is 0. The molecule has 1 aromatic heterocycles. The number of nitrogens with zero attached hydrogens (tertiary/aromatic N) is 2. The number of aromatic nitrogens is 2. The minimum atomic E-state index is 0.496.